The fourth-order valence-electron chi connectivity index (χ4n) is 2.13. The van der Waals surface area contributed by atoms with Crippen molar-refractivity contribution in [2.45, 2.75) is 25.4 Å². The summed E-state index contributed by atoms with van der Waals surface area (Å²) in [6.07, 6.45) is 3.89. The van der Waals surface area contributed by atoms with Crippen molar-refractivity contribution >= 4 is 11.4 Å². The van der Waals surface area contributed by atoms with Crippen LogP contribution < -0.4 is 10.6 Å². The number of furan rings is 1. The minimum atomic E-state index is -0.260. The SMILES string of the molecule is Nc1ccc(F)cc1N(Cc1ccco1)C1CC1. The van der Waals surface area contributed by atoms with E-state index in [-0.39, 0.29) is 5.82 Å². The van der Waals surface area contributed by atoms with Gasteiger partial charge in [0.05, 0.1) is 24.2 Å². The Morgan fingerprint density at radius 1 is 1.33 bits per heavy atom. The van der Waals surface area contributed by atoms with Gasteiger partial charge in [0.25, 0.3) is 0 Å². The lowest BCUT2D eigenvalue weighted by atomic mass is 10.2. The Bertz CT molecular complexity index is 535. The van der Waals surface area contributed by atoms with Crippen LogP contribution in [-0.4, -0.2) is 6.04 Å². The summed E-state index contributed by atoms with van der Waals surface area (Å²) in [5, 5.41) is 0. The highest BCUT2D eigenvalue weighted by atomic mass is 19.1. The lowest BCUT2D eigenvalue weighted by Crippen LogP contribution is -2.25. The van der Waals surface area contributed by atoms with Crippen molar-refractivity contribution in [3.63, 3.8) is 0 Å². The number of benzene rings is 1. The molecule has 1 aromatic heterocycles. The molecule has 0 atom stereocenters. The maximum Gasteiger partial charge on any atom is 0.125 e. The van der Waals surface area contributed by atoms with Crippen LogP contribution in [-0.2, 0) is 6.54 Å². The highest BCUT2D eigenvalue weighted by Gasteiger charge is 2.31. The fraction of sp³-hybridized carbons (Fsp3) is 0.286. The normalized spacial score (nSPS) is 14.7. The smallest absolute Gasteiger partial charge is 0.125 e. The molecule has 94 valence electrons. The first kappa shape index (κ1) is 11.1. The second-order valence-corrected chi connectivity index (χ2v) is 4.64. The summed E-state index contributed by atoms with van der Waals surface area (Å²) in [6, 6.07) is 8.72. The maximum absolute atomic E-state index is 13.4. The standard InChI is InChI=1S/C14H15FN2O/c15-10-3-6-13(16)14(8-10)17(11-4-5-11)9-12-2-1-7-18-12/h1-3,6-8,11H,4-5,9,16H2. The first-order valence-corrected chi connectivity index (χ1v) is 6.08. The van der Waals surface area contributed by atoms with E-state index < -0.39 is 0 Å². The molecule has 0 bridgehead atoms. The quantitative estimate of drug-likeness (QED) is 0.842. The molecule has 0 amide bonds. The molecule has 3 nitrogen and oxygen atoms in total. The second-order valence-electron chi connectivity index (χ2n) is 4.64. The van der Waals surface area contributed by atoms with E-state index in [9.17, 15) is 4.39 Å². The van der Waals surface area contributed by atoms with E-state index in [1.807, 2.05) is 12.1 Å². The minimum absolute atomic E-state index is 0.260. The van der Waals surface area contributed by atoms with Crippen molar-refractivity contribution in [1.29, 1.82) is 0 Å². The van der Waals surface area contributed by atoms with Gasteiger partial charge in [0.15, 0.2) is 0 Å². The van der Waals surface area contributed by atoms with Gasteiger partial charge in [-0.1, -0.05) is 0 Å². The molecule has 0 aliphatic heterocycles. The van der Waals surface area contributed by atoms with Crippen LogP contribution in [0.15, 0.2) is 41.0 Å². The summed E-state index contributed by atoms with van der Waals surface area (Å²) in [6.45, 7) is 0.630. The Balaban J connectivity index is 1.91. The van der Waals surface area contributed by atoms with Gasteiger partial charge in [-0.05, 0) is 43.2 Å². The van der Waals surface area contributed by atoms with Gasteiger partial charge in [0.2, 0.25) is 0 Å². The Morgan fingerprint density at radius 3 is 2.83 bits per heavy atom. The molecular formula is C14H15FN2O. The van der Waals surface area contributed by atoms with E-state index in [0.29, 0.717) is 18.3 Å². The number of halogens is 1. The topological polar surface area (TPSA) is 42.4 Å². The van der Waals surface area contributed by atoms with Crippen LogP contribution in [0.25, 0.3) is 0 Å². The summed E-state index contributed by atoms with van der Waals surface area (Å²) < 4.78 is 18.7. The molecule has 1 aliphatic carbocycles. The number of anilines is 2. The zero-order valence-electron chi connectivity index (χ0n) is 9.97. The molecule has 2 aromatic rings. The molecule has 0 radical (unpaired) electrons. The van der Waals surface area contributed by atoms with Crippen LogP contribution in [0, 0.1) is 5.82 Å². The lowest BCUT2D eigenvalue weighted by Gasteiger charge is -2.25. The Morgan fingerprint density at radius 2 is 2.17 bits per heavy atom. The number of nitrogen functional groups attached to an aromatic ring is 1. The summed E-state index contributed by atoms with van der Waals surface area (Å²) in [5.74, 6) is 0.606. The Labute approximate surface area is 105 Å². The average molecular weight is 246 g/mol. The maximum atomic E-state index is 13.4. The Kier molecular flexibility index (Phi) is 2.70. The number of nitrogens with two attached hydrogens (primary N) is 1. The van der Waals surface area contributed by atoms with Gasteiger partial charge in [-0.15, -0.1) is 0 Å². The molecule has 1 heterocycles. The van der Waals surface area contributed by atoms with E-state index in [4.69, 9.17) is 10.2 Å². The molecule has 1 aromatic carbocycles. The van der Waals surface area contributed by atoms with Crippen molar-refractivity contribution in [3.05, 3.63) is 48.2 Å². The first-order chi connectivity index (χ1) is 8.74. The van der Waals surface area contributed by atoms with Gasteiger partial charge >= 0.3 is 0 Å². The van der Waals surface area contributed by atoms with Crippen molar-refractivity contribution in [2.75, 3.05) is 10.6 Å². The zero-order valence-corrected chi connectivity index (χ0v) is 9.97. The third-order valence-corrected chi connectivity index (χ3v) is 3.20. The third-order valence-electron chi connectivity index (χ3n) is 3.20. The van der Waals surface area contributed by atoms with Gasteiger partial charge in [-0.2, -0.15) is 0 Å². The largest absolute Gasteiger partial charge is 0.467 e. The fourth-order valence-corrected chi connectivity index (χ4v) is 2.13. The Hall–Kier alpha value is -1.97. The van der Waals surface area contributed by atoms with E-state index in [1.165, 1.54) is 12.1 Å². The summed E-state index contributed by atoms with van der Waals surface area (Å²) in [7, 11) is 0. The number of rotatable bonds is 4. The summed E-state index contributed by atoms with van der Waals surface area (Å²) in [5.41, 5.74) is 7.31. The zero-order chi connectivity index (χ0) is 12.5. The number of nitrogens with zero attached hydrogens (tertiary/aromatic N) is 1. The molecule has 0 spiro atoms. The van der Waals surface area contributed by atoms with Gasteiger partial charge < -0.3 is 15.1 Å². The molecule has 4 heteroatoms. The predicted molar refractivity (Wildman–Crippen MR) is 68.7 cm³/mol. The highest BCUT2D eigenvalue weighted by molar-refractivity contribution is 5.68. The van der Waals surface area contributed by atoms with Crippen LogP contribution in [0.4, 0.5) is 15.8 Å². The molecule has 0 unspecified atom stereocenters. The van der Waals surface area contributed by atoms with E-state index in [1.54, 1.807) is 12.3 Å². The number of hydrogen-bond donors (Lipinski definition) is 1. The minimum Gasteiger partial charge on any atom is -0.467 e. The van der Waals surface area contributed by atoms with Gasteiger partial charge in [-0.25, -0.2) is 4.39 Å². The molecule has 0 saturated heterocycles. The monoisotopic (exact) mass is 246 g/mol. The van der Waals surface area contributed by atoms with Gasteiger partial charge in [0, 0.05) is 6.04 Å². The van der Waals surface area contributed by atoms with Crippen molar-refractivity contribution in [3.8, 4) is 0 Å². The van der Waals surface area contributed by atoms with E-state index in [2.05, 4.69) is 4.90 Å². The molecule has 1 aliphatic rings. The summed E-state index contributed by atoms with van der Waals surface area (Å²) in [4.78, 5) is 2.12. The predicted octanol–water partition coefficient (Wildman–Crippen LogP) is 3.17. The molecule has 18 heavy (non-hydrogen) atoms. The van der Waals surface area contributed by atoms with Crippen LogP contribution >= 0.6 is 0 Å². The number of hydrogen-bond acceptors (Lipinski definition) is 3. The van der Waals surface area contributed by atoms with Crippen LogP contribution in [0.3, 0.4) is 0 Å². The van der Waals surface area contributed by atoms with Crippen LogP contribution in [0.2, 0.25) is 0 Å². The van der Waals surface area contributed by atoms with Crippen molar-refractivity contribution in [1.82, 2.24) is 0 Å². The van der Waals surface area contributed by atoms with E-state index >= 15 is 0 Å². The lowest BCUT2D eigenvalue weighted by molar-refractivity contribution is 0.501. The summed E-state index contributed by atoms with van der Waals surface area (Å²) >= 11 is 0. The van der Waals surface area contributed by atoms with Crippen molar-refractivity contribution in [2.24, 2.45) is 0 Å². The van der Waals surface area contributed by atoms with E-state index in [0.717, 1.165) is 24.3 Å². The molecule has 1 saturated carbocycles. The average Bonchev–Trinajstić information content (AvgIpc) is 3.07. The van der Waals surface area contributed by atoms with Crippen LogP contribution in [0.5, 0.6) is 0 Å². The molecular weight excluding hydrogens is 231 g/mol. The molecule has 3 rings (SSSR count). The highest BCUT2D eigenvalue weighted by Crippen LogP contribution is 2.36. The second kappa shape index (κ2) is 4.37. The van der Waals surface area contributed by atoms with Gasteiger partial charge in [-0.3, -0.25) is 0 Å². The van der Waals surface area contributed by atoms with Gasteiger partial charge in [0.1, 0.15) is 11.6 Å². The molecule has 1 fully saturated rings. The molecule has 2 N–H and O–H groups in total. The van der Waals surface area contributed by atoms with Crippen LogP contribution in [0.1, 0.15) is 18.6 Å². The van der Waals surface area contributed by atoms with Crippen molar-refractivity contribution < 1.29 is 8.81 Å². The first-order valence-electron chi connectivity index (χ1n) is 6.08. The third kappa shape index (κ3) is 2.18.